The van der Waals surface area contributed by atoms with Crippen molar-refractivity contribution in [1.82, 2.24) is 0 Å². The molecule has 2 atom stereocenters. The summed E-state index contributed by atoms with van der Waals surface area (Å²) < 4.78 is 0. The Bertz CT molecular complexity index is 114. The molecule has 1 rings (SSSR count). The van der Waals surface area contributed by atoms with Gasteiger partial charge in [-0.3, -0.25) is 0 Å². The summed E-state index contributed by atoms with van der Waals surface area (Å²) in [5.74, 6) is 0.620. The minimum absolute atomic E-state index is 0.337. The number of hydrogen-bond donors (Lipinski definition) is 1. The van der Waals surface area contributed by atoms with Crippen LogP contribution in [0.3, 0.4) is 0 Å². The molecule has 2 N–H and O–H groups in total. The van der Waals surface area contributed by atoms with Gasteiger partial charge in [0.2, 0.25) is 0 Å². The van der Waals surface area contributed by atoms with E-state index in [-0.39, 0.29) is 0 Å². The Kier molecular flexibility index (Phi) is 1.39. The molecule has 0 aromatic rings. The minimum atomic E-state index is 0.337. The van der Waals surface area contributed by atoms with Crippen molar-refractivity contribution in [2.45, 2.75) is 26.3 Å². The molecular weight excluding hydrogens is 98.1 g/mol. The molecular formula is C7H13N. The van der Waals surface area contributed by atoms with Crippen molar-refractivity contribution in [3.63, 3.8) is 0 Å². The molecule has 0 saturated carbocycles. The topological polar surface area (TPSA) is 26.0 Å². The molecule has 0 radical (unpaired) electrons. The molecule has 0 aromatic heterocycles. The molecule has 1 aliphatic rings. The summed E-state index contributed by atoms with van der Waals surface area (Å²) in [7, 11) is 0. The van der Waals surface area contributed by atoms with Crippen molar-refractivity contribution < 1.29 is 0 Å². The first-order valence-corrected chi connectivity index (χ1v) is 3.16. The van der Waals surface area contributed by atoms with E-state index in [2.05, 4.69) is 19.9 Å². The molecule has 46 valence electrons. The SMILES string of the molecule is CC(N)C(C)C1=CC1. The van der Waals surface area contributed by atoms with Crippen molar-refractivity contribution >= 4 is 0 Å². The van der Waals surface area contributed by atoms with Gasteiger partial charge in [0, 0.05) is 6.04 Å². The molecule has 1 aliphatic carbocycles. The molecule has 0 aliphatic heterocycles. The largest absolute Gasteiger partial charge is 0.327 e. The maximum atomic E-state index is 5.64. The highest BCUT2D eigenvalue weighted by atomic mass is 14.6. The molecule has 0 bridgehead atoms. The van der Waals surface area contributed by atoms with Gasteiger partial charge < -0.3 is 5.73 Å². The van der Waals surface area contributed by atoms with Gasteiger partial charge in [0.05, 0.1) is 0 Å². The summed E-state index contributed by atoms with van der Waals surface area (Å²) in [6, 6.07) is 0.337. The van der Waals surface area contributed by atoms with Crippen LogP contribution < -0.4 is 5.73 Å². The molecule has 0 saturated heterocycles. The highest BCUT2D eigenvalue weighted by molar-refractivity contribution is 5.25. The van der Waals surface area contributed by atoms with E-state index in [0.29, 0.717) is 12.0 Å². The third kappa shape index (κ3) is 1.10. The fourth-order valence-corrected chi connectivity index (χ4v) is 0.768. The molecule has 2 unspecified atom stereocenters. The standard InChI is InChI=1S/C7H13N/c1-5(6(2)8)7-3-4-7/h3,5-6H,4,8H2,1-2H3. The summed E-state index contributed by atoms with van der Waals surface area (Å²) in [5, 5.41) is 0. The highest BCUT2D eigenvalue weighted by Crippen LogP contribution is 2.28. The molecule has 0 spiro atoms. The quantitative estimate of drug-likeness (QED) is 0.534. The van der Waals surface area contributed by atoms with E-state index in [1.54, 1.807) is 5.57 Å². The van der Waals surface area contributed by atoms with Gasteiger partial charge >= 0.3 is 0 Å². The van der Waals surface area contributed by atoms with Crippen molar-refractivity contribution in [1.29, 1.82) is 0 Å². The highest BCUT2D eigenvalue weighted by Gasteiger charge is 2.18. The lowest BCUT2D eigenvalue weighted by Gasteiger charge is -2.10. The first kappa shape index (κ1) is 5.83. The van der Waals surface area contributed by atoms with Crippen LogP contribution in [-0.2, 0) is 0 Å². The van der Waals surface area contributed by atoms with Crippen molar-refractivity contribution in [3.8, 4) is 0 Å². The van der Waals surface area contributed by atoms with E-state index in [1.165, 1.54) is 6.42 Å². The third-order valence-electron chi connectivity index (χ3n) is 1.81. The van der Waals surface area contributed by atoms with Gasteiger partial charge in [-0.25, -0.2) is 0 Å². The molecule has 0 aromatic carbocycles. The van der Waals surface area contributed by atoms with Crippen molar-refractivity contribution in [3.05, 3.63) is 11.6 Å². The van der Waals surface area contributed by atoms with Crippen LogP contribution in [0.2, 0.25) is 0 Å². The second kappa shape index (κ2) is 1.90. The Morgan fingerprint density at radius 2 is 2.12 bits per heavy atom. The molecule has 1 heteroatoms. The fourth-order valence-electron chi connectivity index (χ4n) is 0.768. The van der Waals surface area contributed by atoms with E-state index in [4.69, 9.17) is 5.73 Å². The number of rotatable bonds is 2. The monoisotopic (exact) mass is 111 g/mol. The van der Waals surface area contributed by atoms with Crippen LogP contribution in [0.4, 0.5) is 0 Å². The third-order valence-corrected chi connectivity index (χ3v) is 1.81. The zero-order chi connectivity index (χ0) is 6.15. The Morgan fingerprint density at radius 3 is 2.25 bits per heavy atom. The summed E-state index contributed by atoms with van der Waals surface area (Å²) in [4.78, 5) is 0. The summed E-state index contributed by atoms with van der Waals surface area (Å²) in [6.07, 6.45) is 3.46. The number of hydrogen-bond acceptors (Lipinski definition) is 1. The Morgan fingerprint density at radius 1 is 1.62 bits per heavy atom. The van der Waals surface area contributed by atoms with Gasteiger partial charge in [-0.2, -0.15) is 0 Å². The maximum Gasteiger partial charge on any atom is 0.00735 e. The molecule has 0 amide bonds. The van der Waals surface area contributed by atoms with Gasteiger partial charge in [-0.15, -0.1) is 0 Å². The number of nitrogens with two attached hydrogens (primary N) is 1. The molecule has 0 heterocycles. The second-order valence-electron chi connectivity index (χ2n) is 2.63. The van der Waals surface area contributed by atoms with Crippen LogP contribution in [0, 0.1) is 5.92 Å². The molecule has 1 nitrogen and oxygen atoms in total. The van der Waals surface area contributed by atoms with Crippen LogP contribution in [-0.4, -0.2) is 6.04 Å². The lowest BCUT2D eigenvalue weighted by molar-refractivity contribution is 0.565. The van der Waals surface area contributed by atoms with Crippen LogP contribution in [0.1, 0.15) is 20.3 Å². The zero-order valence-corrected chi connectivity index (χ0v) is 5.52. The van der Waals surface area contributed by atoms with E-state index >= 15 is 0 Å². The van der Waals surface area contributed by atoms with Crippen LogP contribution in [0.25, 0.3) is 0 Å². The van der Waals surface area contributed by atoms with E-state index in [1.807, 2.05) is 0 Å². The maximum absolute atomic E-state index is 5.64. The zero-order valence-electron chi connectivity index (χ0n) is 5.52. The predicted octanol–water partition coefficient (Wildman–Crippen LogP) is 1.30. The van der Waals surface area contributed by atoms with Gasteiger partial charge in [0.25, 0.3) is 0 Å². The molecule has 8 heavy (non-hydrogen) atoms. The van der Waals surface area contributed by atoms with Crippen molar-refractivity contribution in [2.24, 2.45) is 11.7 Å². The smallest absolute Gasteiger partial charge is 0.00735 e. The summed E-state index contributed by atoms with van der Waals surface area (Å²) in [5.41, 5.74) is 7.18. The van der Waals surface area contributed by atoms with Crippen molar-refractivity contribution in [2.75, 3.05) is 0 Å². The number of allylic oxidation sites excluding steroid dienone is 1. The lowest BCUT2D eigenvalue weighted by atomic mass is 10.0. The summed E-state index contributed by atoms with van der Waals surface area (Å²) in [6.45, 7) is 4.24. The minimum Gasteiger partial charge on any atom is -0.327 e. The van der Waals surface area contributed by atoms with Crippen LogP contribution in [0.5, 0.6) is 0 Å². The average molecular weight is 111 g/mol. The molecule has 0 fully saturated rings. The van der Waals surface area contributed by atoms with Crippen LogP contribution in [0.15, 0.2) is 11.6 Å². The van der Waals surface area contributed by atoms with E-state index in [0.717, 1.165) is 0 Å². The Balaban J connectivity index is 2.33. The lowest BCUT2D eigenvalue weighted by Crippen LogP contribution is -2.23. The van der Waals surface area contributed by atoms with Crippen LogP contribution >= 0.6 is 0 Å². The Hall–Kier alpha value is -0.300. The van der Waals surface area contributed by atoms with Gasteiger partial charge in [-0.1, -0.05) is 18.6 Å². The van der Waals surface area contributed by atoms with E-state index in [9.17, 15) is 0 Å². The fraction of sp³-hybridized carbons (Fsp3) is 0.714. The van der Waals surface area contributed by atoms with E-state index < -0.39 is 0 Å². The second-order valence-corrected chi connectivity index (χ2v) is 2.63. The first-order chi connectivity index (χ1) is 3.72. The van der Waals surface area contributed by atoms with Gasteiger partial charge in [-0.05, 0) is 19.3 Å². The van der Waals surface area contributed by atoms with Gasteiger partial charge in [0.15, 0.2) is 0 Å². The predicted molar refractivity (Wildman–Crippen MR) is 35.5 cm³/mol. The Labute approximate surface area is 50.6 Å². The average Bonchev–Trinajstić information content (AvgIpc) is 2.43. The normalized spacial score (nSPS) is 24.1. The summed E-state index contributed by atoms with van der Waals surface area (Å²) >= 11 is 0. The van der Waals surface area contributed by atoms with Gasteiger partial charge in [0.1, 0.15) is 0 Å². The first-order valence-electron chi connectivity index (χ1n) is 3.16.